The first-order chi connectivity index (χ1) is 9.56. The highest BCUT2D eigenvalue weighted by Crippen LogP contribution is 2.13. The van der Waals surface area contributed by atoms with Crippen molar-refractivity contribution in [2.45, 2.75) is 38.3 Å². The fourth-order valence-corrected chi connectivity index (χ4v) is 3.31. The van der Waals surface area contributed by atoms with E-state index in [0.717, 1.165) is 19.4 Å². The second-order valence-electron chi connectivity index (χ2n) is 5.72. The van der Waals surface area contributed by atoms with Gasteiger partial charge in [-0.05, 0) is 49.2 Å². The van der Waals surface area contributed by atoms with Crippen molar-refractivity contribution in [3.8, 4) is 0 Å². The Balaban J connectivity index is 1.75. The van der Waals surface area contributed by atoms with Gasteiger partial charge in [-0.2, -0.15) is 11.3 Å². The number of carbonyl (C=O) groups excluding carboxylic acids is 1. The fraction of sp³-hybridized carbons (Fsp3) is 0.667. The topological polar surface area (TPSA) is 43.8 Å². The average Bonchev–Trinajstić information content (AvgIpc) is 3.02. The van der Waals surface area contributed by atoms with Crippen LogP contribution in [0.3, 0.4) is 0 Å². The van der Waals surface area contributed by atoms with E-state index in [9.17, 15) is 9.90 Å². The molecule has 2 rings (SSSR count). The van der Waals surface area contributed by atoms with Gasteiger partial charge >= 0.3 is 0 Å². The zero-order valence-corrected chi connectivity index (χ0v) is 13.1. The monoisotopic (exact) mass is 296 g/mol. The number of nitrogens with zero attached hydrogens (tertiary/aromatic N) is 2. The Kier molecular flexibility index (Phi) is 5.57. The summed E-state index contributed by atoms with van der Waals surface area (Å²) in [5.41, 5.74) is 1.35. The predicted octanol–water partition coefficient (Wildman–Crippen LogP) is 1.59. The van der Waals surface area contributed by atoms with Crippen LogP contribution < -0.4 is 0 Å². The fourth-order valence-electron chi connectivity index (χ4n) is 2.63. The first-order valence-electron chi connectivity index (χ1n) is 7.23. The summed E-state index contributed by atoms with van der Waals surface area (Å²) in [5, 5.41) is 14.4. The molecule has 0 saturated carbocycles. The lowest BCUT2D eigenvalue weighted by molar-refractivity contribution is -0.129. The second-order valence-corrected chi connectivity index (χ2v) is 6.50. The Labute approximate surface area is 125 Å². The third-order valence-corrected chi connectivity index (χ3v) is 4.70. The molecule has 0 radical (unpaired) electrons. The van der Waals surface area contributed by atoms with Gasteiger partial charge in [0.1, 0.15) is 0 Å². The van der Waals surface area contributed by atoms with E-state index in [0.29, 0.717) is 25.6 Å². The number of likely N-dealkylation sites (tertiary alicyclic amines) is 1. The largest absolute Gasteiger partial charge is 0.390 e. The van der Waals surface area contributed by atoms with Gasteiger partial charge in [0.15, 0.2) is 0 Å². The normalized spacial score (nSPS) is 18.8. The van der Waals surface area contributed by atoms with Crippen LogP contribution in [0, 0.1) is 0 Å². The Hall–Kier alpha value is -0.910. The number of thiophene rings is 1. The van der Waals surface area contributed by atoms with E-state index in [1.54, 1.807) is 16.2 Å². The maximum absolute atomic E-state index is 11.5. The van der Waals surface area contributed by atoms with Crippen LogP contribution in [0.2, 0.25) is 0 Å². The lowest BCUT2D eigenvalue weighted by Crippen LogP contribution is -2.42. The van der Waals surface area contributed by atoms with Crippen molar-refractivity contribution in [3.05, 3.63) is 22.4 Å². The summed E-state index contributed by atoms with van der Waals surface area (Å²) in [6.07, 6.45) is 2.09. The third kappa shape index (κ3) is 4.30. The zero-order chi connectivity index (χ0) is 14.5. The Morgan fingerprint density at radius 1 is 1.55 bits per heavy atom. The number of likely N-dealkylation sites (N-methyl/N-ethyl adjacent to an activating group) is 1. The number of carbonyl (C=O) groups is 1. The number of aliphatic hydroxyl groups is 1. The zero-order valence-electron chi connectivity index (χ0n) is 12.3. The molecule has 0 bridgehead atoms. The van der Waals surface area contributed by atoms with Gasteiger partial charge in [0.25, 0.3) is 0 Å². The highest BCUT2D eigenvalue weighted by atomic mass is 32.1. The van der Waals surface area contributed by atoms with Crippen molar-refractivity contribution >= 4 is 17.2 Å². The minimum absolute atomic E-state index is 0.179. The maximum Gasteiger partial charge on any atom is 0.222 e. The van der Waals surface area contributed by atoms with Crippen molar-refractivity contribution in [1.29, 1.82) is 0 Å². The lowest BCUT2D eigenvalue weighted by atomic mass is 10.1. The molecule has 1 aliphatic heterocycles. The highest BCUT2D eigenvalue weighted by Gasteiger charge is 2.23. The van der Waals surface area contributed by atoms with Crippen molar-refractivity contribution in [2.24, 2.45) is 0 Å². The van der Waals surface area contributed by atoms with Gasteiger partial charge < -0.3 is 14.9 Å². The van der Waals surface area contributed by atoms with Crippen LogP contribution in [0.1, 0.15) is 25.3 Å². The van der Waals surface area contributed by atoms with E-state index in [1.165, 1.54) is 5.56 Å². The summed E-state index contributed by atoms with van der Waals surface area (Å²) >= 11 is 1.72. The SMILES string of the molecule is CC(Cc1ccsc1)N(C)CC(O)CN1CCCC1=O. The van der Waals surface area contributed by atoms with E-state index < -0.39 is 6.10 Å². The predicted molar refractivity (Wildman–Crippen MR) is 81.9 cm³/mol. The van der Waals surface area contributed by atoms with Crippen molar-refractivity contribution in [2.75, 3.05) is 26.7 Å². The summed E-state index contributed by atoms with van der Waals surface area (Å²) in [7, 11) is 2.03. The molecular formula is C15H24N2O2S. The first kappa shape index (κ1) is 15.5. The molecule has 2 atom stereocenters. The van der Waals surface area contributed by atoms with Crippen molar-refractivity contribution in [3.63, 3.8) is 0 Å². The number of β-amino-alcohol motifs (C(OH)–C–C–N with tert-alkyl or cyclic N) is 1. The average molecular weight is 296 g/mol. The molecule has 0 aromatic carbocycles. The molecular weight excluding hydrogens is 272 g/mol. The Morgan fingerprint density at radius 3 is 2.95 bits per heavy atom. The molecule has 4 nitrogen and oxygen atoms in total. The maximum atomic E-state index is 11.5. The smallest absolute Gasteiger partial charge is 0.222 e. The molecule has 1 saturated heterocycles. The van der Waals surface area contributed by atoms with Gasteiger partial charge in [0, 0.05) is 32.1 Å². The van der Waals surface area contributed by atoms with Crippen LogP contribution in [0.15, 0.2) is 16.8 Å². The van der Waals surface area contributed by atoms with Crippen LogP contribution in [0.25, 0.3) is 0 Å². The van der Waals surface area contributed by atoms with Gasteiger partial charge in [0.2, 0.25) is 5.91 Å². The lowest BCUT2D eigenvalue weighted by Gasteiger charge is -2.28. The molecule has 1 aliphatic rings. The number of hydrogen-bond acceptors (Lipinski definition) is 4. The second kappa shape index (κ2) is 7.20. The van der Waals surface area contributed by atoms with Gasteiger partial charge in [0.05, 0.1) is 6.10 Å². The molecule has 1 aromatic rings. The minimum Gasteiger partial charge on any atom is -0.390 e. The molecule has 1 amide bonds. The molecule has 2 heterocycles. The van der Waals surface area contributed by atoms with E-state index in [2.05, 4.69) is 28.7 Å². The molecule has 0 aliphatic carbocycles. The molecule has 112 valence electrons. The van der Waals surface area contributed by atoms with Crippen molar-refractivity contribution in [1.82, 2.24) is 9.80 Å². The van der Waals surface area contributed by atoms with Crippen LogP contribution in [0.5, 0.6) is 0 Å². The standard InChI is InChI=1S/C15H24N2O2S/c1-12(8-13-5-7-20-11-13)16(2)9-14(18)10-17-6-3-4-15(17)19/h5,7,11-12,14,18H,3-4,6,8-10H2,1-2H3. The van der Waals surface area contributed by atoms with Crippen LogP contribution in [-0.2, 0) is 11.2 Å². The molecule has 2 unspecified atom stereocenters. The summed E-state index contributed by atoms with van der Waals surface area (Å²) in [6.45, 7) is 4.04. The van der Waals surface area contributed by atoms with E-state index in [-0.39, 0.29) is 5.91 Å². The molecule has 0 spiro atoms. The molecule has 1 fully saturated rings. The van der Waals surface area contributed by atoms with Crippen LogP contribution in [-0.4, -0.2) is 59.6 Å². The summed E-state index contributed by atoms with van der Waals surface area (Å²) in [6, 6.07) is 2.53. The third-order valence-electron chi connectivity index (χ3n) is 3.96. The van der Waals surface area contributed by atoms with E-state index in [1.807, 2.05) is 7.05 Å². The van der Waals surface area contributed by atoms with Crippen LogP contribution in [0.4, 0.5) is 0 Å². The van der Waals surface area contributed by atoms with Gasteiger partial charge in [-0.3, -0.25) is 4.79 Å². The number of rotatable bonds is 7. The van der Waals surface area contributed by atoms with Crippen LogP contribution >= 0.6 is 11.3 Å². The summed E-state index contributed by atoms with van der Waals surface area (Å²) < 4.78 is 0. The minimum atomic E-state index is -0.466. The number of aliphatic hydroxyl groups excluding tert-OH is 1. The quantitative estimate of drug-likeness (QED) is 0.831. The van der Waals surface area contributed by atoms with Gasteiger partial charge in [-0.1, -0.05) is 0 Å². The van der Waals surface area contributed by atoms with E-state index in [4.69, 9.17) is 0 Å². The summed E-state index contributed by atoms with van der Waals surface area (Å²) in [4.78, 5) is 15.5. The molecule has 1 N–H and O–H groups in total. The van der Waals surface area contributed by atoms with Gasteiger partial charge in [-0.25, -0.2) is 0 Å². The molecule has 5 heteroatoms. The van der Waals surface area contributed by atoms with E-state index >= 15 is 0 Å². The van der Waals surface area contributed by atoms with Gasteiger partial charge in [-0.15, -0.1) is 0 Å². The highest BCUT2D eigenvalue weighted by molar-refractivity contribution is 7.07. The first-order valence-corrected chi connectivity index (χ1v) is 8.17. The molecule has 20 heavy (non-hydrogen) atoms. The Bertz CT molecular complexity index is 422. The summed E-state index contributed by atoms with van der Waals surface area (Å²) in [5.74, 6) is 0.179. The Morgan fingerprint density at radius 2 is 2.35 bits per heavy atom. The van der Waals surface area contributed by atoms with Crippen molar-refractivity contribution < 1.29 is 9.90 Å². The number of hydrogen-bond donors (Lipinski definition) is 1. The number of amides is 1. The molecule has 1 aromatic heterocycles.